The summed E-state index contributed by atoms with van der Waals surface area (Å²) < 4.78 is 6.29. The lowest BCUT2D eigenvalue weighted by Gasteiger charge is -2.42. The van der Waals surface area contributed by atoms with E-state index in [2.05, 4.69) is 84.2 Å². The maximum absolute atomic E-state index is 6.29. The Bertz CT molecular complexity index is 1080. The van der Waals surface area contributed by atoms with Crippen molar-refractivity contribution in [3.05, 3.63) is 59.3 Å². The van der Waals surface area contributed by atoms with E-state index in [4.69, 9.17) is 4.74 Å². The van der Waals surface area contributed by atoms with Gasteiger partial charge < -0.3 is 4.74 Å². The largest absolute Gasteiger partial charge is 0.488 e. The van der Waals surface area contributed by atoms with Gasteiger partial charge in [-0.1, -0.05) is 51.8 Å². The number of benzene rings is 2. The summed E-state index contributed by atoms with van der Waals surface area (Å²) in [6.45, 7) is 11.2. The van der Waals surface area contributed by atoms with Crippen LogP contribution >= 0.6 is 0 Å². The Labute approximate surface area is 204 Å². The van der Waals surface area contributed by atoms with Crippen LogP contribution in [0, 0.1) is 5.92 Å². The van der Waals surface area contributed by atoms with Crippen molar-refractivity contribution in [3.63, 3.8) is 0 Å². The lowest BCUT2D eigenvalue weighted by atomic mass is 9.76. The van der Waals surface area contributed by atoms with Crippen LogP contribution in [0.25, 0.3) is 10.9 Å². The average Bonchev–Trinajstić information content (AvgIpc) is 3.28. The minimum absolute atomic E-state index is 0.331. The second kappa shape index (κ2) is 10.1. The van der Waals surface area contributed by atoms with E-state index in [9.17, 15) is 0 Å². The zero-order valence-corrected chi connectivity index (χ0v) is 21.3. The number of fused-ring (bicyclic) bond motifs is 3. The van der Waals surface area contributed by atoms with Crippen LogP contribution in [0.1, 0.15) is 69.1 Å². The molecule has 0 saturated carbocycles. The summed E-state index contributed by atoms with van der Waals surface area (Å²) >= 11 is 0. The van der Waals surface area contributed by atoms with Gasteiger partial charge in [0.25, 0.3) is 0 Å². The summed E-state index contributed by atoms with van der Waals surface area (Å²) in [6, 6.07) is 14.0. The molecule has 5 rings (SSSR count). The number of unbranched alkanes of at least 4 members (excludes halogenated alkanes) is 2. The van der Waals surface area contributed by atoms with Gasteiger partial charge in [0.2, 0.25) is 0 Å². The number of rotatable bonds is 9. The van der Waals surface area contributed by atoms with Crippen molar-refractivity contribution < 1.29 is 4.74 Å². The van der Waals surface area contributed by atoms with E-state index in [1.165, 1.54) is 54.3 Å². The average molecular weight is 461 g/mol. The molecule has 34 heavy (non-hydrogen) atoms. The minimum Gasteiger partial charge on any atom is -0.488 e. The molecule has 1 N–H and O–H groups in total. The first-order valence-corrected chi connectivity index (χ1v) is 13.2. The molecule has 3 heterocycles. The highest BCUT2D eigenvalue weighted by Gasteiger charge is 2.36. The van der Waals surface area contributed by atoms with Gasteiger partial charge in [0.05, 0.1) is 11.7 Å². The maximum atomic E-state index is 6.29. The fourth-order valence-electron chi connectivity index (χ4n) is 5.90. The normalized spacial score (nSPS) is 21.7. The zero-order valence-electron chi connectivity index (χ0n) is 21.3. The molecule has 1 fully saturated rings. The van der Waals surface area contributed by atoms with Crippen LogP contribution in [-0.4, -0.2) is 58.8 Å². The predicted octanol–water partition coefficient (Wildman–Crippen LogP) is 5.81. The van der Waals surface area contributed by atoms with Gasteiger partial charge in [-0.05, 0) is 67.2 Å². The number of aromatic nitrogens is 2. The number of nitrogens with zero attached hydrogens (tertiary/aromatic N) is 3. The molecular weight excluding hydrogens is 420 g/mol. The highest BCUT2D eigenvalue weighted by atomic mass is 16.5. The van der Waals surface area contributed by atoms with Crippen molar-refractivity contribution in [2.75, 3.05) is 26.7 Å². The maximum Gasteiger partial charge on any atom is 0.124 e. The number of hydrogen-bond acceptors (Lipinski definition) is 4. The van der Waals surface area contributed by atoms with Crippen LogP contribution in [0.5, 0.6) is 5.75 Å². The number of hydrogen-bond donors (Lipinski definition) is 1. The third kappa shape index (κ3) is 4.73. The van der Waals surface area contributed by atoms with E-state index in [1.54, 1.807) is 0 Å². The van der Waals surface area contributed by atoms with Crippen LogP contribution in [0.4, 0.5) is 0 Å². The quantitative estimate of drug-likeness (QED) is 0.409. The molecule has 2 atom stereocenters. The van der Waals surface area contributed by atoms with Crippen molar-refractivity contribution in [2.45, 2.75) is 71.1 Å². The second-order valence-corrected chi connectivity index (χ2v) is 10.8. The SMILES string of the molecule is CCCCCN1CC(Oc2ccc([C@H]3c4ccc5[nH]ncc5c4CN(C)[C@H]3CC(C)C)cc2)C1. The van der Waals surface area contributed by atoms with Gasteiger partial charge in [0.1, 0.15) is 11.9 Å². The topological polar surface area (TPSA) is 44.4 Å². The fourth-order valence-corrected chi connectivity index (χ4v) is 5.90. The van der Waals surface area contributed by atoms with Gasteiger partial charge in [-0.2, -0.15) is 5.10 Å². The van der Waals surface area contributed by atoms with E-state index in [0.29, 0.717) is 24.0 Å². The van der Waals surface area contributed by atoms with E-state index in [1.807, 2.05) is 6.20 Å². The molecule has 3 aromatic rings. The summed E-state index contributed by atoms with van der Waals surface area (Å²) in [4.78, 5) is 5.06. The lowest BCUT2D eigenvalue weighted by Crippen LogP contribution is -2.53. The number of H-pyrrole nitrogens is 1. The highest BCUT2D eigenvalue weighted by Crippen LogP contribution is 2.42. The molecule has 1 saturated heterocycles. The number of aromatic amines is 1. The molecule has 0 amide bonds. The monoisotopic (exact) mass is 460 g/mol. The standard InChI is InChI=1S/C29H40N4O/c1-5-6-7-14-33-17-23(18-33)34-22-10-8-21(9-11-22)29-24-12-13-27-25(16-30-31-27)26(24)19-32(4)28(29)15-20(2)3/h8-13,16,20,23,28-29H,5-7,14-15,17-19H2,1-4H3,(H,30,31)/t28-,29-/m0/s1. The number of likely N-dealkylation sites (tertiary alicyclic amines) is 1. The van der Waals surface area contributed by atoms with Gasteiger partial charge in [-0.15, -0.1) is 0 Å². The second-order valence-electron chi connectivity index (χ2n) is 10.8. The van der Waals surface area contributed by atoms with Gasteiger partial charge in [0.15, 0.2) is 0 Å². The third-order valence-corrected chi connectivity index (χ3v) is 7.72. The molecule has 2 aliphatic rings. The van der Waals surface area contributed by atoms with Crippen molar-refractivity contribution in [3.8, 4) is 5.75 Å². The van der Waals surface area contributed by atoms with E-state index >= 15 is 0 Å². The summed E-state index contributed by atoms with van der Waals surface area (Å²) in [5.74, 6) is 2.00. The molecule has 182 valence electrons. The summed E-state index contributed by atoms with van der Waals surface area (Å²) in [5.41, 5.74) is 5.37. The van der Waals surface area contributed by atoms with Crippen LogP contribution in [0.15, 0.2) is 42.6 Å². The summed E-state index contributed by atoms with van der Waals surface area (Å²) in [6.07, 6.45) is 7.41. The highest BCUT2D eigenvalue weighted by molar-refractivity contribution is 5.83. The van der Waals surface area contributed by atoms with Gasteiger partial charge >= 0.3 is 0 Å². The first kappa shape index (κ1) is 23.4. The van der Waals surface area contributed by atoms with Crippen LogP contribution in [-0.2, 0) is 6.54 Å². The fraction of sp³-hybridized carbons (Fsp3) is 0.552. The summed E-state index contributed by atoms with van der Waals surface area (Å²) in [7, 11) is 2.28. The molecule has 0 radical (unpaired) electrons. The van der Waals surface area contributed by atoms with Crippen LogP contribution in [0.2, 0.25) is 0 Å². The van der Waals surface area contributed by atoms with E-state index in [-0.39, 0.29) is 0 Å². The first-order chi connectivity index (χ1) is 16.5. The first-order valence-electron chi connectivity index (χ1n) is 13.2. The Morgan fingerprint density at radius 3 is 2.62 bits per heavy atom. The summed E-state index contributed by atoms with van der Waals surface area (Å²) in [5, 5.41) is 8.72. The Kier molecular flexibility index (Phi) is 6.94. The number of nitrogens with one attached hydrogen (secondary N) is 1. The van der Waals surface area contributed by atoms with Crippen molar-refractivity contribution in [1.82, 2.24) is 20.0 Å². The molecule has 1 aromatic heterocycles. The van der Waals surface area contributed by atoms with Crippen molar-refractivity contribution >= 4 is 10.9 Å². The molecule has 0 spiro atoms. The van der Waals surface area contributed by atoms with Crippen LogP contribution < -0.4 is 4.74 Å². The van der Waals surface area contributed by atoms with E-state index in [0.717, 1.165) is 30.9 Å². The Morgan fingerprint density at radius 1 is 1.09 bits per heavy atom. The molecule has 0 bridgehead atoms. The van der Waals surface area contributed by atoms with Crippen LogP contribution in [0.3, 0.4) is 0 Å². The minimum atomic E-state index is 0.331. The molecule has 5 nitrogen and oxygen atoms in total. The van der Waals surface area contributed by atoms with E-state index < -0.39 is 0 Å². The lowest BCUT2D eigenvalue weighted by molar-refractivity contribution is 0.0191. The predicted molar refractivity (Wildman–Crippen MR) is 139 cm³/mol. The smallest absolute Gasteiger partial charge is 0.124 e. The van der Waals surface area contributed by atoms with Gasteiger partial charge in [-0.3, -0.25) is 14.9 Å². The Balaban J connectivity index is 1.35. The Hall–Kier alpha value is -2.37. The molecule has 5 heteroatoms. The molecule has 0 unspecified atom stereocenters. The number of ether oxygens (including phenoxy) is 1. The third-order valence-electron chi connectivity index (χ3n) is 7.72. The number of likely N-dealkylation sites (N-methyl/N-ethyl adjacent to an activating group) is 1. The van der Waals surface area contributed by atoms with Crippen molar-refractivity contribution in [1.29, 1.82) is 0 Å². The van der Waals surface area contributed by atoms with Crippen molar-refractivity contribution in [2.24, 2.45) is 5.92 Å². The molecular formula is C29H40N4O. The molecule has 2 aliphatic heterocycles. The molecule has 2 aromatic carbocycles. The Morgan fingerprint density at radius 2 is 1.88 bits per heavy atom. The van der Waals surface area contributed by atoms with Gasteiger partial charge in [-0.25, -0.2) is 0 Å². The molecule has 0 aliphatic carbocycles. The zero-order chi connectivity index (χ0) is 23.7. The van der Waals surface area contributed by atoms with Gasteiger partial charge in [0, 0.05) is 37.0 Å².